The van der Waals surface area contributed by atoms with E-state index in [1.54, 1.807) is 6.07 Å². The third-order valence-electron chi connectivity index (χ3n) is 3.03. The van der Waals surface area contributed by atoms with Crippen LogP contribution >= 0.6 is 0 Å². The quantitative estimate of drug-likeness (QED) is 0.890. The van der Waals surface area contributed by atoms with Crippen molar-refractivity contribution in [3.8, 4) is 5.75 Å². The number of carbonyl (C=O) groups excluding carboxylic acids is 1. The lowest BCUT2D eigenvalue weighted by molar-refractivity contribution is 0.102. The Balaban J connectivity index is 2.26. The van der Waals surface area contributed by atoms with Gasteiger partial charge in [0.2, 0.25) is 0 Å². The minimum Gasteiger partial charge on any atom is -0.507 e. The van der Waals surface area contributed by atoms with E-state index in [4.69, 9.17) is 0 Å². The Morgan fingerprint density at radius 1 is 1.20 bits per heavy atom. The van der Waals surface area contributed by atoms with Crippen LogP contribution in [0, 0.1) is 5.82 Å². The zero-order valence-corrected chi connectivity index (χ0v) is 11.4. The number of halogens is 1. The van der Waals surface area contributed by atoms with E-state index < -0.39 is 11.7 Å². The summed E-state index contributed by atoms with van der Waals surface area (Å²) in [5.41, 5.74) is 1.30. The topological polar surface area (TPSA) is 49.3 Å². The molecule has 0 aliphatic carbocycles. The van der Waals surface area contributed by atoms with Crippen LogP contribution in [0.25, 0.3) is 0 Å². The van der Waals surface area contributed by atoms with E-state index in [1.165, 1.54) is 12.1 Å². The molecule has 0 atom stereocenters. The van der Waals surface area contributed by atoms with Gasteiger partial charge in [0.05, 0.1) is 0 Å². The molecule has 2 aromatic rings. The van der Waals surface area contributed by atoms with E-state index in [9.17, 15) is 14.3 Å². The fourth-order valence-electron chi connectivity index (χ4n) is 1.91. The molecular weight excluding hydrogens is 257 g/mol. The van der Waals surface area contributed by atoms with Crippen molar-refractivity contribution in [3.05, 3.63) is 59.4 Å². The molecule has 0 aliphatic rings. The molecule has 0 unspecified atom stereocenters. The minimum atomic E-state index is -0.748. The summed E-state index contributed by atoms with van der Waals surface area (Å²) in [5, 5.41) is 12.2. The van der Waals surface area contributed by atoms with Crippen molar-refractivity contribution in [1.82, 2.24) is 0 Å². The number of aromatic hydroxyl groups is 1. The molecule has 4 heteroatoms. The highest BCUT2D eigenvalue weighted by atomic mass is 19.1. The van der Waals surface area contributed by atoms with Crippen LogP contribution in [0.2, 0.25) is 0 Å². The summed E-state index contributed by atoms with van der Waals surface area (Å²) < 4.78 is 13.6. The normalized spacial score (nSPS) is 10.6. The maximum Gasteiger partial charge on any atom is 0.262 e. The Bertz CT molecular complexity index is 618. The Labute approximate surface area is 117 Å². The molecule has 20 heavy (non-hydrogen) atoms. The predicted molar refractivity (Wildman–Crippen MR) is 76.5 cm³/mol. The van der Waals surface area contributed by atoms with Gasteiger partial charge in [0.1, 0.15) is 17.1 Å². The number of anilines is 1. The van der Waals surface area contributed by atoms with Crippen LogP contribution in [0.1, 0.15) is 35.7 Å². The average molecular weight is 273 g/mol. The van der Waals surface area contributed by atoms with Crippen molar-refractivity contribution < 1.29 is 14.3 Å². The molecule has 0 radical (unpaired) electrons. The van der Waals surface area contributed by atoms with Crippen LogP contribution < -0.4 is 5.32 Å². The summed E-state index contributed by atoms with van der Waals surface area (Å²) in [6.07, 6.45) is 0. The average Bonchev–Trinajstić information content (AvgIpc) is 2.38. The molecular formula is C16H16FNO2. The molecule has 2 N–H and O–H groups in total. The maximum atomic E-state index is 13.6. The standard InChI is InChI=1S/C16H16FNO2/c1-10(2)11-5-3-6-12(9-11)18-16(20)15-13(17)7-4-8-14(15)19/h3-10,19H,1-2H3,(H,18,20). The molecule has 0 bridgehead atoms. The van der Waals surface area contributed by atoms with Crippen molar-refractivity contribution in [2.75, 3.05) is 5.32 Å². The van der Waals surface area contributed by atoms with Gasteiger partial charge in [-0.25, -0.2) is 4.39 Å². The number of carbonyl (C=O) groups is 1. The highest BCUT2D eigenvalue weighted by molar-refractivity contribution is 6.06. The van der Waals surface area contributed by atoms with Crippen molar-refractivity contribution in [1.29, 1.82) is 0 Å². The van der Waals surface area contributed by atoms with Crippen LogP contribution in [0.4, 0.5) is 10.1 Å². The fourth-order valence-corrected chi connectivity index (χ4v) is 1.91. The Hall–Kier alpha value is -2.36. The highest BCUT2D eigenvalue weighted by Gasteiger charge is 2.16. The molecule has 0 saturated heterocycles. The Morgan fingerprint density at radius 2 is 1.90 bits per heavy atom. The van der Waals surface area contributed by atoms with Gasteiger partial charge in [0.25, 0.3) is 5.91 Å². The lowest BCUT2D eigenvalue weighted by Gasteiger charge is -2.10. The second-order valence-electron chi connectivity index (χ2n) is 4.87. The second kappa shape index (κ2) is 5.74. The molecule has 0 aromatic heterocycles. The SMILES string of the molecule is CC(C)c1cccc(NC(=O)c2c(O)cccc2F)c1. The lowest BCUT2D eigenvalue weighted by atomic mass is 10.0. The monoisotopic (exact) mass is 273 g/mol. The van der Waals surface area contributed by atoms with Gasteiger partial charge in [-0.15, -0.1) is 0 Å². The molecule has 2 aromatic carbocycles. The van der Waals surface area contributed by atoms with E-state index in [2.05, 4.69) is 5.32 Å². The number of phenols is 1. The number of amides is 1. The number of nitrogens with one attached hydrogen (secondary N) is 1. The molecule has 104 valence electrons. The third-order valence-corrected chi connectivity index (χ3v) is 3.03. The van der Waals surface area contributed by atoms with E-state index in [-0.39, 0.29) is 11.3 Å². The number of phenolic OH excluding ortho intramolecular Hbond substituents is 1. The molecule has 3 nitrogen and oxygen atoms in total. The molecule has 2 rings (SSSR count). The first-order chi connectivity index (χ1) is 9.49. The van der Waals surface area contributed by atoms with Crippen molar-refractivity contribution >= 4 is 11.6 Å². The Kier molecular flexibility index (Phi) is 4.03. The van der Waals surface area contributed by atoms with E-state index in [1.807, 2.05) is 32.0 Å². The largest absolute Gasteiger partial charge is 0.507 e. The number of benzene rings is 2. The van der Waals surface area contributed by atoms with Gasteiger partial charge in [-0.05, 0) is 35.7 Å². The van der Waals surface area contributed by atoms with Crippen LogP contribution in [0.3, 0.4) is 0 Å². The van der Waals surface area contributed by atoms with Crippen molar-refractivity contribution in [2.45, 2.75) is 19.8 Å². The highest BCUT2D eigenvalue weighted by Crippen LogP contribution is 2.23. The van der Waals surface area contributed by atoms with E-state index in [0.29, 0.717) is 11.6 Å². The van der Waals surface area contributed by atoms with Gasteiger partial charge in [-0.3, -0.25) is 4.79 Å². The first-order valence-corrected chi connectivity index (χ1v) is 6.38. The zero-order valence-electron chi connectivity index (χ0n) is 11.4. The van der Waals surface area contributed by atoms with Crippen LogP contribution in [0.5, 0.6) is 5.75 Å². The first kappa shape index (κ1) is 14.1. The Morgan fingerprint density at radius 3 is 2.55 bits per heavy atom. The summed E-state index contributed by atoms with van der Waals surface area (Å²) in [5.74, 6) is -1.46. The van der Waals surface area contributed by atoms with Gasteiger partial charge >= 0.3 is 0 Å². The third kappa shape index (κ3) is 2.96. The summed E-state index contributed by atoms with van der Waals surface area (Å²) in [7, 11) is 0. The number of rotatable bonds is 3. The van der Waals surface area contributed by atoms with Crippen LogP contribution in [0.15, 0.2) is 42.5 Å². The van der Waals surface area contributed by atoms with Gasteiger partial charge in [0, 0.05) is 5.69 Å². The summed E-state index contributed by atoms with van der Waals surface area (Å²) >= 11 is 0. The molecule has 0 saturated carbocycles. The molecule has 0 spiro atoms. The van der Waals surface area contributed by atoms with Gasteiger partial charge < -0.3 is 10.4 Å². The van der Waals surface area contributed by atoms with Gasteiger partial charge in [-0.2, -0.15) is 0 Å². The van der Waals surface area contributed by atoms with Crippen molar-refractivity contribution in [3.63, 3.8) is 0 Å². The van der Waals surface area contributed by atoms with Crippen molar-refractivity contribution in [2.24, 2.45) is 0 Å². The summed E-state index contributed by atoms with van der Waals surface area (Å²) in [6, 6.07) is 11.1. The minimum absolute atomic E-state index is 0.328. The van der Waals surface area contributed by atoms with Crippen LogP contribution in [-0.4, -0.2) is 11.0 Å². The number of hydrogen-bond donors (Lipinski definition) is 2. The lowest BCUT2D eigenvalue weighted by Crippen LogP contribution is -2.14. The zero-order chi connectivity index (χ0) is 14.7. The van der Waals surface area contributed by atoms with Gasteiger partial charge in [-0.1, -0.05) is 32.0 Å². The fraction of sp³-hybridized carbons (Fsp3) is 0.188. The maximum absolute atomic E-state index is 13.6. The van der Waals surface area contributed by atoms with E-state index >= 15 is 0 Å². The molecule has 0 aliphatic heterocycles. The molecule has 0 heterocycles. The summed E-state index contributed by atoms with van der Waals surface area (Å²) in [6.45, 7) is 4.09. The molecule has 1 amide bonds. The van der Waals surface area contributed by atoms with Crippen LogP contribution in [-0.2, 0) is 0 Å². The number of hydrogen-bond acceptors (Lipinski definition) is 2. The first-order valence-electron chi connectivity index (χ1n) is 6.38. The van der Waals surface area contributed by atoms with E-state index in [0.717, 1.165) is 11.6 Å². The second-order valence-corrected chi connectivity index (χ2v) is 4.87. The van der Waals surface area contributed by atoms with Gasteiger partial charge in [0.15, 0.2) is 0 Å². The summed E-state index contributed by atoms with van der Waals surface area (Å²) in [4.78, 5) is 12.0. The molecule has 0 fully saturated rings. The predicted octanol–water partition coefficient (Wildman–Crippen LogP) is 3.91. The smallest absolute Gasteiger partial charge is 0.262 e.